The molecule has 0 aromatic heterocycles. The quantitative estimate of drug-likeness (QED) is 0.147. The van der Waals surface area contributed by atoms with Gasteiger partial charge in [0.2, 0.25) is 0 Å². The van der Waals surface area contributed by atoms with Gasteiger partial charge in [-0.25, -0.2) is 0 Å². The third kappa shape index (κ3) is 5.02. The lowest BCUT2D eigenvalue weighted by molar-refractivity contribution is 0.591. The lowest BCUT2D eigenvalue weighted by Gasteiger charge is -2.39. The fourth-order valence-electron chi connectivity index (χ4n) is 8.50. The van der Waals surface area contributed by atoms with E-state index in [-0.39, 0.29) is 0 Å². The predicted molar refractivity (Wildman–Crippen MR) is 223 cm³/mol. The van der Waals surface area contributed by atoms with E-state index in [1.165, 1.54) is 0 Å². The molecule has 0 spiro atoms. The lowest BCUT2D eigenvalue weighted by Crippen LogP contribution is -2.41. The molecule has 0 fully saturated rings. The van der Waals surface area contributed by atoms with Gasteiger partial charge >= 0.3 is 0 Å². The van der Waals surface area contributed by atoms with E-state index < -0.39 is 19.7 Å². The minimum atomic E-state index is -3.49. The van der Waals surface area contributed by atoms with Gasteiger partial charge in [0.25, 0.3) is 0 Å². The molecule has 1 aliphatic carbocycles. The molecular formula is C49H36O2P2. The van der Waals surface area contributed by atoms with E-state index in [0.29, 0.717) is 0 Å². The Bertz CT molecular complexity index is 2400. The summed E-state index contributed by atoms with van der Waals surface area (Å²) in [5.41, 5.74) is 5.19. The van der Waals surface area contributed by atoms with E-state index in [4.69, 9.17) is 0 Å². The molecule has 53 heavy (non-hydrogen) atoms. The van der Waals surface area contributed by atoms with Crippen LogP contribution in [-0.2, 0) is 14.5 Å². The summed E-state index contributed by atoms with van der Waals surface area (Å²) in [5, 5.41) is 4.57. The summed E-state index contributed by atoms with van der Waals surface area (Å²) in [6, 6.07) is 73.2. The maximum absolute atomic E-state index is 16.5. The first-order chi connectivity index (χ1) is 26.1. The van der Waals surface area contributed by atoms with E-state index in [1.807, 2.05) is 133 Å². The molecule has 0 saturated carbocycles. The molecule has 0 N–H and O–H groups in total. The first kappa shape index (κ1) is 33.1. The first-order valence-corrected chi connectivity index (χ1v) is 21.3. The van der Waals surface area contributed by atoms with Crippen LogP contribution in [-0.4, -0.2) is 0 Å². The lowest BCUT2D eigenvalue weighted by atomic mass is 9.67. The molecule has 0 unspecified atom stereocenters. The first-order valence-electron chi connectivity index (χ1n) is 17.9. The average Bonchev–Trinajstić information content (AvgIpc) is 3.55. The highest BCUT2D eigenvalue weighted by atomic mass is 31.2. The van der Waals surface area contributed by atoms with Gasteiger partial charge in [-0.3, -0.25) is 0 Å². The topological polar surface area (TPSA) is 34.1 Å². The number of fused-ring (bicyclic) bond motifs is 3. The van der Waals surface area contributed by atoms with Gasteiger partial charge in [-0.15, -0.1) is 0 Å². The molecule has 4 heteroatoms. The molecule has 0 atom stereocenters. The molecule has 1 aliphatic rings. The molecule has 2 nitrogen and oxygen atoms in total. The highest BCUT2D eigenvalue weighted by Crippen LogP contribution is 2.59. The van der Waals surface area contributed by atoms with Crippen LogP contribution >= 0.6 is 14.3 Å². The second kappa shape index (κ2) is 13.3. The summed E-state index contributed by atoms with van der Waals surface area (Å²) in [4.78, 5) is 0. The average molecular weight is 719 g/mol. The van der Waals surface area contributed by atoms with Gasteiger partial charge in [0.15, 0.2) is 14.3 Å². The van der Waals surface area contributed by atoms with Gasteiger partial charge in [0.05, 0.1) is 5.41 Å². The van der Waals surface area contributed by atoms with Crippen molar-refractivity contribution in [3.05, 3.63) is 241 Å². The van der Waals surface area contributed by atoms with Gasteiger partial charge in [-0.05, 0) is 33.4 Å². The van der Waals surface area contributed by atoms with Crippen molar-refractivity contribution in [1.82, 2.24) is 0 Å². The van der Waals surface area contributed by atoms with Gasteiger partial charge < -0.3 is 9.13 Å². The number of rotatable bonds is 8. The Morgan fingerprint density at radius 3 is 0.830 bits per heavy atom. The van der Waals surface area contributed by atoms with E-state index >= 15 is 9.13 Å². The van der Waals surface area contributed by atoms with Crippen LogP contribution in [0.15, 0.2) is 218 Å². The minimum Gasteiger partial charge on any atom is -0.309 e. The van der Waals surface area contributed by atoms with Gasteiger partial charge in [-0.1, -0.05) is 218 Å². The van der Waals surface area contributed by atoms with Crippen LogP contribution in [0.5, 0.6) is 0 Å². The van der Waals surface area contributed by atoms with Gasteiger partial charge in [-0.2, -0.15) is 0 Å². The van der Waals surface area contributed by atoms with Crippen LogP contribution < -0.4 is 31.8 Å². The molecule has 8 aromatic rings. The Hall–Kier alpha value is -5.78. The van der Waals surface area contributed by atoms with Gasteiger partial charge in [0.1, 0.15) is 0 Å². The second-order valence-electron chi connectivity index (χ2n) is 13.4. The molecule has 0 amide bonds. The molecule has 0 radical (unpaired) electrons. The van der Waals surface area contributed by atoms with Crippen LogP contribution in [0.1, 0.15) is 22.3 Å². The van der Waals surface area contributed by atoms with E-state index in [9.17, 15) is 0 Å². The predicted octanol–water partition coefficient (Wildman–Crippen LogP) is 9.33. The highest BCUT2D eigenvalue weighted by Gasteiger charge is 2.51. The highest BCUT2D eigenvalue weighted by molar-refractivity contribution is 7.86. The van der Waals surface area contributed by atoms with Crippen LogP contribution in [0.3, 0.4) is 0 Å². The van der Waals surface area contributed by atoms with E-state index in [1.54, 1.807) is 0 Å². The maximum atomic E-state index is 16.5. The molecule has 0 bridgehead atoms. The smallest absolute Gasteiger partial charge is 0.171 e. The zero-order valence-electron chi connectivity index (χ0n) is 29.0. The van der Waals surface area contributed by atoms with Crippen LogP contribution in [0.25, 0.3) is 11.1 Å². The van der Waals surface area contributed by atoms with Crippen molar-refractivity contribution in [3.63, 3.8) is 0 Å². The van der Waals surface area contributed by atoms with Crippen molar-refractivity contribution in [1.29, 1.82) is 0 Å². The molecule has 0 saturated heterocycles. The third-order valence-corrected chi connectivity index (χ3v) is 17.0. The van der Waals surface area contributed by atoms with Crippen LogP contribution in [0, 0.1) is 0 Å². The van der Waals surface area contributed by atoms with Crippen LogP contribution in [0.2, 0.25) is 0 Å². The Morgan fingerprint density at radius 1 is 0.264 bits per heavy atom. The summed E-state index contributed by atoms with van der Waals surface area (Å²) in [6.07, 6.45) is 0. The zero-order chi connectivity index (χ0) is 35.9. The number of benzene rings is 8. The van der Waals surface area contributed by atoms with Gasteiger partial charge in [0, 0.05) is 31.8 Å². The summed E-state index contributed by atoms with van der Waals surface area (Å²) in [5.74, 6) is 0. The fraction of sp³-hybridized carbons (Fsp3) is 0.0204. The van der Waals surface area contributed by atoms with Crippen molar-refractivity contribution in [2.45, 2.75) is 5.41 Å². The Morgan fingerprint density at radius 2 is 0.509 bits per heavy atom. The third-order valence-electron chi connectivity index (χ3n) is 10.7. The fourth-order valence-corrected chi connectivity index (χ4v) is 14.3. The van der Waals surface area contributed by atoms with Crippen molar-refractivity contribution in [3.8, 4) is 11.1 Å². The Kier molecular flexibility index (Phi) is 8.32. The van der Waals surface area contributed by atoms with Crippen molar-refractivity contribution in [2.75, 3.05) is 0 Å². The molecule has 8 aromatic carbocycles. The molecule has 0 aliphatic heterocycles. The van der Waals surface area contributed by atoms with Crippen molar-refractivity contribution < 1.29 is 9.13 Å². The molecule has 254 valence electrons. The van der Waals surface area contributed by atoms with Crippen molar-refractivity contribution >= 4 is 46.1 Å². The Labute approximate surface area is 311 Å². The minimum absolute atomic E-state index is 0.757. The van der Waals surface area contributed by atoms with Crippen LogP contribution in [0.4, 0.5) is 0 Å². The number of hydrogen-bond donors (Lipinski definition) is 0. The van der Waals surface area contributed by atoms with E-state index in [2.05, 4.69) is 84.9 Å². The molecular weight excluding hydrogens is 682 g/mol. The zero-order valence-corrected chi connectivity index (χ0v) is 30.8. The monoisotopic (exact) mass is 718 g/mol. The standard InChI is InChI=1S/C49H36O2P2/c50-52(37-21-5-1-6-22-37,38-23-7-2-8-24-38)47-35-19-17-33-45(47)49(43-31-15-13-29-41(43)42-30-14-16-32-44(42)49)46-34-18-20-36-48(46)53(51,39-25-9-3-10-26-39)40-27-11-4-12-28-40/h1-36H. The van der Waals surface area contributed by atoms with E-state index in [0.717, 1.165) is 65.2 Å². The normalized spacial score (nSPS) is 13.2. The Balaban J connectivity index is 1.47. The summed E-state index contributed by atoms with van der Waals surface area (Å²) >= 11 is 0. The molecule has 9 rings (SSSR count). The SMILES string of the molecule is O=P(c1ccccc1)(c1ccccc1)c1ccccc1C1(c2ccccc2P(=O)(c2ccccc2)c2ccccc2)c2ccccc2-c2ccccc21. The second-order valence-corrected chi connectivity index (χ2v) is 18.9. The summed E-state index contributed by atoms with van der Waals surface area (Å²) in [7, 11) is -6.99. The molecule has 0 heterocycles. The maximum Gasteiger partial charge on any atom is 0.171 e. The summed E-state index contributed by atoms with van der Waals surface area (Å²) in [6.45, 7) is 0. The van der Waals surface area contributed by atoms with Crippen molar-refractivity contribution in [2.24, 2.45) is 0 Å². The number of hydrogen-bond acceptors (Lipinski definition) is 2. The largest absolute Gasteiger partial charge is 0.309 e. The summed E-state index contributed by atoms with van der Waals surface area (Å²) < 4.78 is 32.9.